The van der Waals surface area contributed by atoms with Crippen LogP contribution in [0.25, 0.3) is 6.08 Å². The van der Waals surface area contributed by atoms with Crippen LogP contribution in [0.4, 0.5) is 0 Å². The molecule has 1 fully saturated rings. The van der Waals surface area contributed by atoms with Crippen LogP contribution in [0.2, 0.25) is 0 Å². The Kier molecular flexibility index (Phi) is 6.36. The number of hydrogen-bond donors (Lipinski definition) is 2. The van der Waals surface area contributed by atoms with E-state index in [-0.39, 0.29) is 18.2 Å². The fraction of sp³-hybridized carbons (Fsp3) is 0.438. The molecule has 1 aromatic carbocycles. The smallest absolute Gasteiger partial charge is 0.238 e. The lowest BCUT2D eigenvalue weighted by Crippen LogP contribution is -2.47. The molecule has 138 valence electrons. The zero-order valence-electron chi connectivity index (χ0n) is 13.9. The molecule has 0 heterocycles. The van der Waals surface area contributed by atoms with Gasteiger partial charge in [0.1, 0.15) is 15.9 Å². The molecule has 0 spiro atoms. The third kappa shape index (κ3) is 7.80. The summed E-state index contributed by atoms with van der Waals surface area (Å²) >= 11 is 0. The van der Waals surface area contributed by atoms with Gasteiger partial charge in [0.2, 0.25) is 15.9 Å². The Balaban J connectivity index is 2.07. The first-order valence-corrected chi connectivity index (χ1v) is 11.5. The first kappa shape index (κ1) is 19.6. The topological polar surface area (TPSA) is 109 Å². The normalized spacial score (nSPS) is 16.7. The maximum atomic E-state index is 12.2. The third-order valence-electron chi connectivity index (χ3n) is 3.56. The molecule has 2 N–H and O–H groups in total. The number of benzene rings is 1. The summed E-state index contributed by atoms with van der Waals surface area (Å²) in [4.78, 5) is 12.2. The molecule has 1 aliphatic carbocycles. The highest BCUT2D eigenvalue weighted by atomic mass is 32.2. The highest BCUT2D eigenvalue weighted by Crippen LogP contribution is 2.19. The van der Waals surface area contributed by atoms with Gasteiger partial charge in [-0.1, -0.05) is 30.3 Å². The molecule has 9 heteroatoms. The van der Waals surface area contributed by atoms with Gasteiger partial charge in [-0.05, 0) is 30.9 Å². The van der Waals surface area contributed by atoms with Crippen LogP contribution in [0.5, 0.6) is 0 Å². The molecule has 0 saturated heterocycles. The summed E-state index contributed by atoms with van der Waals surface area (Å²) in [5.74, 6) is -0.774. The van der Waals surface area contributed by atoms with E-state index in [1.165, 1.54) is 6.08 Å². The molecular formula is C16H22N2O5S2. The van der Waals surface area contributed by atoms with Crippen LogP contribution in [0.15, 0.2) is 35.7 Å². The minimum atomic E-state index is -3.89. The third-order valence-corrected chi connectivity index (χ3v) is 5.65. The van der Waals surface area contributed by atoms with Gasteiger partial charge in [0.25, 0.3) is 0 Å². The van der Waals surface area contributed by atoms with Gasteiger partial charge in [-0.25, -0.2) is 16.8 Å². The Bertz CT molecular complexity index is 829. The zero-order valence-corrected chi connectivity index (χ0v) is 15.5. The van der Waals surface area contributed by atoms with E-state index in [0.717, 1.165) is 24.5 Å². The van der Waals surface area contributed by atoms with Crippen LogP contribution in [0, 0.1) is 0 Å². The first-order valence-electron chi connectivity index (χ1n) is 7.88. The van der Waals surface area contributed by atoms with E-state index in [1.807, 2.05) is 6.07 Å². The molecule has 1 aliphatic rings. The van der Waals surface area contributed by atoms with E-state index in [4.69, 9.17) is 0 Å². The second-order valence-corrected chi connectivity index (χ2v) is 9.99. The first-order chi connectivity index (χ1) is 11.6. The summed E-state index contributed by atoms with van der Waals surface area (Å²) < 4.78 is 49.4. The van der Waals surface area contributed by atoms with E-state index >= 15 is 0 Å². The Morgan fingerprint density at radius 3 is 2.40 bits per heavy atom. The van der Waals surface area contributed by atoms with Crippen LogP contribution in [-0.2, 0) is 24.7 Å². The predicted molar refractivity (Wildman–Crippen MR) is 96.8 cm³/mol. The summed E-state index contributed by atoms with van der Waals surface area (Å²) in [6, 6.07) is 7.78. The monoisotopic (exact) mass is 386 g/mol. The fourth-order valence-electron chi connectivity index (χ4n) is 2.07. The summed E-state index contributed by atoms with van der Waals surface area (Å²) in [6.07, 6.45) is 4.05. The van der Waals surface area contributed by atoms with Crippen LogP contribution >= 0.6 is 0 Å². The predicted octanol–water partition coefficient (Wildman–Crippen LogP) is 0.659. The average Bonchev–Trinajstić information content (AvgIpc) is 3.33. The van der Waals surface area contributed by atoms with Crippen molar-refractivity contribution < 1.29 is 21.6 Å². The van der Waals surface area contributed by atoms with E-state index in [2.05, 4.69) is 10.0 Å². The van der Waals surface area contributed by atoms with Crippen molar-refractivity contribution in [1.29, 1.82) is 0 Å². The second kappa shape index (κ2) is 8.11. The molecule has 7 nitrogen and oxygen atoms in total. The van der Waals surface area contributed by atoms with Crippen molar-refractivity contribution in [1.82, 2.24) is 10.0 Å². The van der Waals surface area contributed by atoms with Crippen molar-refractivity contribution >= 4 is 31.8 Å². The number of carbonyl (C=O) groups excluding carboxylic acids is 1. The number of amides is 1. The summed E-state index contributed by atoms with van der Waals surface area (Å²) in [6.45, 7) is 0. The number of carbonyl (C=O) groups is 1. The van der Waals surface area contributed by atoms with Crippen molar-refractivity contribution in [3.63, 3.8) is 0 Å². The molecular weight excluding hydrogens is 364 g/mol. The standard InChI is InChI=1S/C16H22N2O5S2/c1-24(20,21)11-10-15(16(19)17-14-7-8-14)18-25(22,23)12-9-13-5-3-2-4-6-13/h2-6,9,12,14-15,18H,7-8,10-11H2,1H3,(H,17,19)/b12-9+. The molecule has 0 aliphatic heterocycles. The maximum absolute atomic E-state index is 12.2. The zero-order chi connectivity index (χ0) is 18.5. The molecule has 1 amide bonds. The Hall–Kier alpha value is -1.71. The lowest BCUT2D eigenvalue weighted by atomic mass is 10.2. The molecule has 1 aromatic rings. The van der Waals surface area contributed by atoms with Gasteiger partial charge >= 0.3 is 0 Å². The molecule has 2 rings (SSSR count). The van der Waals surface area contributed by atoms with Gasteiger partial charge in [0.05, 0.1) is 5.75 Å². The van der Waals surface area contributed by atoms with E-state index in [9.17, 15) is 21.6 Å². The minimum Gasteiger partial charge on any atom is -0.352 e. The highest BCUT2D eigenvalue weighted by Gasteiger charge is 2.29. The van der Waals surface area contributed by atoms with Crippen LogP contribution in [0.3, 0.4) is 0 Å². The van der Waals surface area contributed by atoms with Crippen LogP contribution in [-0.4, -0.2) is 46.8 Å². The Labute approximate surface area is 148 Å². The SMILES string of the molecule is CS(=O)(=O)CCC(NS(=O)(=O)/C=C/c1ccccc1)C(=O)NC1CC1. The molecule has 25 heavy (non-hydrogen) atoms. The van der Waals surface area contributed by atoms with Crippen LogP contribution in [0.1, 0.15) is 24.8 Å². The molecule has 0 aromatic heterocycles. The number of sulfone groups is 1. The van der Waals surface area contributed by atoms with Gasteiger partial charge in [0.15, 0.2) is 0 Å². The average molecular weight is 386 g/mol. The highest BCUT2D eigenvalue weighted by molar-refractivity contribution is 7.92. The summed E-state index contributed by atoms with van der Waals surface area (Å²) in [7, 11) is -7.20. The summed E-state index contributed by atoms with van der Waals surface area (Å²) in [5.41, 5.74) is 0.697. The van der Waals surface area contributed by atoms with Crippen molar-refractivity contribution in [2.45, 2.75) is 31.3 Å². The molecule has 0 bridgehead atoms. The number of rotatable bonds is 9. The van der Waals surface area contributed by atoms with Crippen molar-refractivity contribution in [2.24, 2.45) is 0 Å². The van der Waals surface area contributed by atoms with Gasteiger partial charge in [0, 0.05) is 17.7 Å². The van der Waals surface area contributed by atoms with Gasteiger partial charge in [-0.2, -0.15) is 4.72 Å². The van der Waals surface area contributed by atoms with Crippen molar-refractivity contribution in [3.8, 4) is 0 Å². The Morgan fingerprint density at radius 1 is 1.20 bits per heavy atom. The lowest BCUT2D eigenvalue weighted by Gasteiger charge is -2.17. The van der Waals surface area contributed by atoms with E-state index in [0.29, 0.717) is 5.56 Å². The Morgan fingerprint density at radius 2 is 1.84 bits per heavy atom. The molecule has 1 atom stereocenters. The lowest BCUT2D eigenvalue weighted by molar-refractivity contribution is -0.122. The quantitative estimate of drug-likeness (QED) is 0.648. The van der Waals surface area contributed by atoms with Crippen molar-refractivity contribution in [2.75, 3.05) is 12.0 Å². The van der Waals surface area contributed by atoms with Gasteiger partial charge in [-0.15, -0.1) is 0 Å². The number of sulfonamides is 1. The number of hydrogen-bond acceptors (Lipinski definition) is 5. The van der Waals surface area contributed by atoms with E-state index < -0.39 is 31.8 Å². The molecule has 1 saturated carbocycles. The minimum absolute atomic E-state index is 0.0533. The van der Waals surface area contributed by atoms with Gasteiger partial charge in [-0.3, -0.25) is 4.79 Å². The molecule has 1 unspecified atom stereocenters. The second-order valence-electron chi connectivity index (χ2n) is 6.13. The van der Waals surface area contributed by atoms with Crippen LogP contribution < -0.4 is 10.0 Å². The molecule has 0 radical (unpaired) electrons. The van der Waals surface area contributed by atoms with Gasteiger partial charge < -0.3 is 5.32 Å². The summed E-state index contributed by atoms with van der Waals surface area (Å²) in [5, 5.41) is 3.67. The maximum Gasteiger partial charge on any atom is 0.238 e. The van der Waals surface area contributed by atoms with E-state index in [1.54, 1.807) is 24.3 Å². The largest absolute Gasteiger partial charge is 0.352 e. The van der Waals surface area contributed by atoms with Crippen molar-refractivity contribution in [3.05, 3.63) is 41.3 Å². The fourth-order valence-corrected chi connectivity index (χ4v) is 3.77. The number of nitrogens with one attached hydrogen (secondary N) is 2.